The number of para-hydroxylation sites is 1. The van der Waals surface area contributed by atoms with Gasteiger partial charge in [-0.1, -0.05) is 25.1 Å². The lowest BCUT2D eigenvalue weighted by atomic mass is 9.91. The molecule has 1 atom stereocenters. The Hall–Kier alpha value is -5.06. The number of hydrogen-bond acceptors (Lipinski definition) is 11. The number of hydrogen-bond donors (Lipinski definition) is 7. The molecule has 2 saturated carbocycles. The molecule has 4 aliphatic rings. The number of halogens is 2. The SMILES string of the molecule is CCC1c2c(cnn2C2CN(C(O)(O)c3cccc(C(F)F)n3)C2)-c2cccc(NC(/C=C(\N)NC(=O)C3CC3)=C(/N)C(=O)NC3CC3)c2N1C. The van der Waals surface area contributed by atoms with E-state index in [1.165, 1.54) is 23.1 Å². The Bertz CT molecular complexity index is 1910. The summed E-state index contributed by atoms with van der Waals surface area (Å²) in [7, 11) is 1.96. The van der Waals surface area contributed by atoms with E-state index in [1.807, 2.05) is 29.9 Å². The van der Waals surface area contributed by atoms with Crippen LogP contribution in [-0.2, 0) is 15.5 Å². The molecule has 51 heavy (non-hydrogen) atoms. The Labute approximate surface area is 293 Å². The summed E-state index contributed by atoms with van der Waals surface area (Å²) in [6.45, 7) is 2.44. The fourth-order valence-electron chi connectivity index (χ4n) is 6.76. The van der Waals surface area contributed by atoms with Crippen LogP contribution in [0.1, 0.15) is 74.6 Å². The second-order valence-corrected chi connectivity index (χ2v) is 13.6. The number of aromatic nitrogens is 3. The number of likely N-dealkylation sites (tertiary alicyclic amines) is 1. The summed E-state index contributed by atoms with van der Waals surface area (Å²) >= 11 is 0. The summed E-state index contributed by atoms with van der Waals surface area (Å²) in [5.74, 6) is -3.15. The molecular formula is C35H42F2N10O4. The van der Waals surface area contributed by atoms with Crippen LogP contribution in [0.4, 0.5) is 20.2 Å². The topological polar surface area (TPSA) is 200 Å². The minimum absolute atomic E-state index is 0.0616. The van der Waals surface area contributed by atoms with Crippen molar-refractivity contribution in [2.45, 2.75) is 69.5 Å². The van der Waals surface area contributed by atoms with Crippen molar-refractivity contribution in [3.8, 4) is 11.1 Å². The number of anilines is 2. The van der Waals surface area contributed by atoms with E-state index in [-0.39, 0.29) is 65.9 Å². The minimum atomic E-state index is -2.84. The third kappa shape index (κ3) is 6.61. The van der Waals surface area contributed by atoms with Gasteiger partial charge in [0.25, 0.3) is 18.2 Å². The number of nitrogens with two attached hydrogens (primary N) is 2. The van der Waals surface area contributed by atoms with Crippen molar-refractivity contribution in [1.29, 1.82) is 0 Å². The first kappa shape index (κ1) is 34.4. The molecule has 0 spiro atoms. The summed E-state index contributed by atoms with van der Waals surface area (Å²) < 4.78 is 28.4. The highest BCUT2D eigenvalue weighted by molar-refractivity contribution is 5.96. The van der Waals surface area contributed by atoms with Gasteiger partial charge < -0.3 is 42.5 Å². The van der Waals surface area contributed by atoms with E-state index in [0.29, 0.717) is 12.1 Å². The van der Waals surface area contributed by atoms with Gasteiger partial charge in [-0.05, 0) is 50.3 Å². The lowest BCUT2D eigenvalue weighted by Crippen LogP contribution is -2.59. The van der Waals surface area contributed by atoms with Gasteiger partial charge in [-0.2, -0.15) is 5.10 Å². The van der Waals surface area contributed by atoms with E-state index in [9.17, 15) is 28.6 Å². The smallest absolute Gasteiger partial charge is 0.280 e. The number of amides is 2. The number of carbonyl (C=O) groups is 2. The number of pyridine rings is 1. The first-order chi connectivity index (χ1) is 24.4. The second-order valence-electron chi connectivity index (χ2n) is 13.6. The van der Waals surface area contributed by atoms with Gasteiger partial charge in [0.2, 0.25) is 5.91 Å². The summed E-state index contributed by atoms with van der Waals surface area (Å²) in [5.41, 5.74) is 16.2. The van der Waals surface area contributed by atoms with Crippen LogP contribution in [0.25, 0.3) is 11.1 Å². The first-order valence-corrected chi connectivity index (χ1v) is 17.1. The predicted molar refractivity (Wildman–Crippen MR) is 184 cm³/mol. The van der Waals surface area contributed by atoms with Crippen LogP contribution in [0, 0.1) is 5.92 Å². The maximum atomic E-state index is 13.3. The number of rotatable bonds is 12. The highest BCUT2D eigenvalue weighted by Gasteiger charge is 2.46. The van der Waals surface area contributed by atoms with Crippen LogP contribution in [0.2, 0.25) is 0 Å². The van der Waals surface area contributed by atoms with Crippen molar-refractivity contribution in [1.82, 2.24) is 30.3 Å². The average molecular weight is 705 g/mol. The zero-order chi connectivity index (χ0) is 36.2. The molecule has 0 radical (unpaired) electrons. The van der Waals surface area contributed by atoms with Crippen LogP contribution in [-0.4, -0.2) is 67.9 Å². The fourth-order valence-corrected chi connectivity index (χ4v) is 6.76. The number of nitrogens with one attached hydrogen (secondary N) is 3. The van der Waals surface area contributed by atoms with Crippen molar-refractivity contribution in [2.75, 3.05) is 30.4 Å². The standard InChI is InChI=1S/C35H42F2N10O4/c1-3-26-31-22(15-40-47(31)20-16-46(17-20)35(50,51)27-9-5-8-24(43-27)32(36)37)21-6-4-7-23(30(21)45(26)2)42-25(29(39)34(49)41-19-12-13-19)14-28(38)44-33(48)18-10-11-18/h4-9,14-15,18-20,26,32,42,50-51H,3,10-13,16-17,38-39H2,1-2H3,(H,41,49)(H,44,48)/b28-14+,29-25+. The lowest BCUT2D eigenvalue weighted by molar-refractivity contribution is -0.302. The first-order valence-electron chi connectivity index (χ1n) is 17.1. The molecule has 16 heteroatoms. The maximum Gasteiger partial charge on any atom is 0.280 e. The highest BCUT2D eigenvalue weighted by Crippen LogP contribution is 2.50. The third-order valence-electron chi connectivity index (χ3n) is 9.90. The molecule has 2 aromatic heterocycles. The second kappa shape index (κ2) is 13.2. The number of allylic oxidation sites excluding steroid dienone is 1. The minimum Gasteiger partial charge on any atom is -0.393 e. The van der Waals surface area contributed by atoms with Gasteiger partial charge in [-0.3, -0.25) is 14.3 Å². The van der Waals surface area contributed by atoms with Gasteiger partial charge in [-0.15, -0.1) is 0 Å². The number of aliphatic hydroxyl groups is 2. The van der Waals surface area contributed by atoms with Crippen LogP contribution >= 0.6 is 0 Å². The molecule has 1 saturated heterocycles. The van der Waals surface area contributed by atoms with E-state index in [0.717, 1.165) is 54.3 Å². The lowest BCUT2D eigenvalue weighted by Gasteiger charge is -2.47. The van der Waals surface area contributed by atoms with Crippen LogP contribution in [0.5, 0.6) is 0 Å². The quantitative estimate of drug-likeness (QED) is 0.0831. The van der Waals surface area contributed by atoms with E-state index in [1.54, 1.807) is 6.20 Å². The molecule has 2 amide bonds. The monoisotopic (exact) mass is 704 g/mol. The maximum absolute atomic E-state index is 13.3. The van der Waals surface area contributed by atoms with Crippen molar-refractivity contribution in [2.24, 2.45) is 17.4 Å². The molecule has 1 aromatic carbocycles. The molecule has 4 heterocycles. The van der Waals surface area contributed by atoms with E-state index in [4.69, 9.17) is 16.6 Å². The fraction of sp³-hybridized carbons (Fsp3) is 0.429. The van der Waals surface area contributed by atoms with E-state index >= 15 is 0 Å². The third-order valence-corrected chi connectivity index (χ3v) is 9.90. The molecule has 0 bridgehead atoms. The number of carbonyl (C=O) groups excluding carboxylic acids is 2. The summed E-state index contributed by atoms with van der Waals surface area (Å²) in [6, 6.07) is 9.19. The zero-order valence-electron chi connectivity index (χ0n) is 28.3. The zero-order valence-corrected chi connectivity index (χ0v) is 28.3. The van der Waals surface area contributed by atoms with Gasteiger partial charge in [0.05, 0.1) is 41.0 Å². The van der Waals surface area contributed by atoms with Crippen LogP contribution in [0.15, 0.2) is 65.9 Å². The number of alkyl halides is 2. The van der Waals surface area contributed by atoms with Crippen LogP contribution < -0.4 is 32.3 Å². The van der Waals surface area contributed by atoms with Crippen molar-refractivity contribution in [3.63, 3.8) is 0 Å². The molecule has 9 N–H and O–H groups in total. The van der Waals surface area contributed by atoms with E-state index in [2.05, 4.69) is 32.8 Å². The van der Waals surface area contributed by atoms with Crippen LogP contribution in [0.3, 0.4) is 0 Å². The van der Waals surface area contributed by atoms with Crippen molar-refractivity contribution < 1.29 is 28.6 Å². The van der Waals surface area contributed by atoms with Gasteiger partial charge in [0, 0.05) is 49.3 Å². The Morgan fingerprint density at radius 3 is 2.47 bits per heavy atom. The highest BCUT2D eigenvalue weighted by atomic mass is 19.3. The summed E-state index contributed by atoms with van der Waals surface area (Å²) in [6.07, 6.45) is 4.49. The summed E-state index contributed by atoms with van der Waals surface area (Å²) in [5, 5.41) is 35.6. The molecule has 7 rings (SSSR count). The van der Waals surface area contributed by atoms with Gasteiger partial charge in [0.1, 0.15) is 22.9 Å². The van der Waals surface area contributed by atoms with Crippen molar-refractivity contribution in [3.05, 3.63) is 83.0 Å². The molecule has 2 aliphatic carbocycles. The molecule has 3 aromatic rings. The van der Waals surface area contributed by atoms with E-state index < -0.39 is 23.9 Å². The Balaban J connectivity index is 1.18. The largest absolute Gasteiger partial charge is 0.393 e. The van der Waals surface area contributed by atoms with Crippen molar-refractivity contribution >= 4 is 23.2 Å². The molecule has 270 valence electrons. The summed E-state index contributed by atoms with van der Waals surface area (Å²) in [4.78, 5) is 32.8. The predicted octanol–water partition coefficient (Wildman–Crippen LogP) is 2.62. The van der Waals surface area contributed by atoms with Gasteiger partial charge >= 0.3 is 0 Å². The number of benzene rings is 1. The average Bonchev–Trinajstić information content (AvgIpc) is 4.02. The molecule has 3 fully saturated rings. The van der Waals surface area contributed by atoms with Gasteiger partial charge in [0.15, 0.2) is 0 Å². The Morgan fingerprint density at radius 1 is 1.08 bits per heavy atom. The number of fused-ring (bicyclic) bond motifs is 3. The number of nitrogens with zero attached hydrogens (tertiary/aromatic N) is 5. The molecular weight excluding hydrogens is 662 g/mol. The molecule has 1 unspecified atom stereocenters. The Kier molecular flexibility index (Phi) is 8.93. The van der Waals surface area contributed by atoms with Gasteiger partial charge in [-0.25, -0.2) is 18.7 Å². The normalized spacial score (nSPS) is 19.9. The Morgan fingerprint density at radius 2 is 1.80 bits per heavy atom. The molecule has 14 nitrogen and oxygen atoms in total. The molecule has 2 aliphatic heterocycles.